The lowest BCUT2D eigenvalue weighted by atomic mass is 10.1. The quantitative estimate of drug-likeness (QED) is 0.721. The van der Waals surface area contributed by atoms with Gasteiger partial charge < -0.3 is 9.15 Å². The summed E-state index contributed by atoms with van der Waals surface area (Å²) < 4.78 is 10.8. The van der Waals surface area contributed by atoms with Crippen LogP contribution >= 0.6 is 11.3 Å². The topological polar surface area (TPSA) is 64.4 Å². The molecule has 0 bridgehead atoms. The number of aryl methyl sites for hydroxylation is 1. The number of nitrogens with zero attached hydrogens (tertiary/aromatic N) is 1. The van der Waals surface area contributed by atoms with Crippen molar-refractivity contribution in [3.05, 3.63) is 40.3 Å². The Bertz CT molecular complexity index is 802. The summed E-state index contributed by atoms with van der Waals surface area (Å²) in [6.45, 7) is 6.02. The van der Waals surface area contributed by atoms with E-state index in [0.717, 1.165) is 16.0 Å². The number of carbonyl (C=O) groups is 1. The van der Waals surface area contributed by atoms with Gasteiger partial charge in [-0.2, -0.15) is 4.98 Å². The van der Waals surface area contributed by atoms with Gasteiger partial charge in [0.25, 0.3) is 0 Å². The van der Waals surface area contributed by atoms with Crippen molar-refractivity contribution in [1.29, 1.82) is 0 Å². The summed E-state index contributed by atoms with van der Waals surface area (Å²) in [4.78, 5) is 17.6. The zero-order valence-corrected chi connectivity index (χ0v) is 13.4. The smallest absolute Gasteiger partial charge is 0.341 e. The minimum atomic E-state index is -0.331. The number of rotatable bonds is 4. The molecule has 3 rings (SSSR count). The van der Waals surface area contributed by atoms with Crippen LogP contribution in [0.3, 0.4) is 0 Å². The second-order valence-corrected chi connectivity index (χ2v) is 6.04. The molecular formula is C16H16N2O3S. The van der Waals surface area contributed by atoms with Crippen LogP contribution in [0.25, 0.3) is 11.1 Å². The largest absolute Gasteiger partial charge is 0.462 e. The number of hydrogen-bond acceptors (Lipinski definition) is 6. The molecule has 2 aromatic heterocycles. The van der Waals surface area contributed by atoms with Gasteiger partial charge in [0.2, 0.25) is 0 Å². The molecule has 22 heavy (non-hydrogen) atoms. The van der Waals surface area contributed by atoms with E-state index < -0.39 is 0 Å². The molecule has 5 nitrogen and oxygen atoms in total. The molecule has 0 spiro atoms. The van der Waals surface area contributed by atoms with Crippen LogP contribution in [0.15, 0.2) is 28.7 Å². The molecule has 6 heteroatoms. The molecule has 0 saturated heterocycles. The molecule has 0 radical (unpaired) electrons. The van der Waals surface area contributed by atoms with Crippen LogP contribution in [-0.2, 0) is 4.74 Å². The molecule has 3 aromatic rings. The highest BCUT2D eigenvalue weighted by Crippen LogP contribution is 2.35. The average Bonchev–Trinajstić information content (AvgIpc) is 3.00. The first-order valence-electron chi connectivity index (χ1n) is 7.00. The van der Waals surface area contributed by atoms with Gasteiger partial charge in [-0.15, -0.1) is 11.3 Å². The number of anilines is 2. The van der Waals surface area contributed by atoms with Crippen LogP contribution in [0, 0.1) is 13.8 Å². The predicted octanol–water partition coefficient (Wildman–Crippen LogP) is 4.43. The zero-order chi connectivity index (χ0) is 15.7. The highest BCUT2D eigenvalue weighted by Gasteiger charge is 2.21. The fourth-order valence-electron chi connectivity index (χ4n) is 2.19. The number of carbonyl (C=O) groups excluding carboxylic acids is 1. The third kappa shape index (κ3) is 2.57. The number of nitrogens with one attached hydrogen (secondary N) is 1. The second kappa shape index (κ2) is 5.81. The summed E-state index contributed by atoms with van der Waals surface area (Å²) in [6, 6.07) is 7.89. The molecule has 0 amide bonds. The third-order valence-corrected chi connectivity index (χ3v) is 4.50. The highest BCUT2D eigenvalue weighted by atomic mass is 32.1. The van der Waals surface area contributed by atoms with Gasteiger partial charge in [-0.05, 0) is 38.5 Å². The number of esters is 1. The summed E-state index contributed by atoms with van der Waals surface area (Å²) in [5.74, 6) is -0.331. The lowest BCUT2D eigenvalue weighted by Gasteiger charge is -2.05. The lowest BCUT2D eigenvalue weighted by molar-refractivity contribution is 0.0527. The first kappa shape index (κ1) is 14.6. The first-order valence-corrected chi connectivity index (χ1v) is 7.81. The van der Waals surface area contributed by atoms with Gasteiger partial charge in [0.05, 0.1) is 12.2 Å². The van der Waals surface area contributed by atoms with Crippen LogP contribution in [0.2, 0.25) is 0 Å². The lowest BCUT2D eigenvalue weighted by Crippen LogP contribution is -2.07. The van der Waals surface area contributed by atoms with Crippen molar-refractivity contribution in [3.8, 4) is 0 Å². The van der Waals surface area contributed by atoms with Gasteiger partial charge >= 0.3 is 12.0 Å². The summed E-state index contributed by atoms with van der Waals surface area (Å²) in [5.41, 5.74) is 2.94. The van der Waals surface area contributed by atoms with E-state index in [9.17, 15) is 4.79 Å². The van der Waals surface area contributed by atoms with Crippen molar-refractivity contribution in [2.75, 3.05) is 11.9 Å². The molecule has 2 heterocycles. The Morgan fingerprint density at radius 3 is 2.86 bits per heavy atom. The number of thiophene rings is 1. The van der Waals surface area contributed by atoms with Gasteiger partial charge in [-0.3, -0.25) is 5.32 Å². The summed E-state index contributed by atoms with van der Waals surface area (Å²) in [7, 11) is 0. The number of para-hydroxylation sites is 2. The summed E-state index contributed by atoms with van der Waals surface area (Å²) >= 11 is 1.49. The molecule has 0 fully saturated rings. The number of oxazole rings is 1. The Hall–Kier alpha value is -2.34. The van der Waals surface area contributed by atoms with Crippen molar-refractivity contribution in [2.45, 2.75) is 20.8 Å². The van der Waals surface area contributed by atoms with Crippen LogP contribution in [0.5, 0.6) is 0 Å². The van der Waals surface area contributed by atoms with Crippen LogP contribution in [0.4, 0.5) is 11.0 Å². The maximum absolute atomic E-state index is 12.2. The fraction of sp³-hybridized carbons (Fsp3) is 0.250. The maximum Gasteiger partial charge on any atom is 0.341 e. The van der Waals surface area contributed by atoms with E-state index in [1.54, 1.807) is 6.92 Å². The monoisotopic (exact) mass is 316 g/mol. The van der Waals surface area contributed by atoms with E-state index in [2.05, 4.69) is 10.3 Å². The standard InChI is InChI=1S/C16H16N2O3S/c1-4-20-15(19)13-9(2)10(3)22-14(13)18-16-17-11-7-5-6-8-12(11)21-16/h5-8H,4H2,1-3H3,(H,17,18). The van der Waals surface area contributed by atoms with Crippen LogP contribution in [-0.4, -0.2) is 17.6 Å². The minimum Gasteiger partial charge on any atom is -0.462 e. The molecule has 0 unspecified atom stereocenters. The molecular weight excluding hydrogens is 300 g/mol. The number of aromatic nitrogens is 1. The van der Waals surface area contributed by atoms with Crippen LogP contribution in [0.1, 0.15) is 27.7 Å². The van der Waals surface area contributed by atoms with E-state index >= 15 is 0 Å². The molecule has 0 aliphatic rings. The average molecular weight is 316 g/mol. The van der Waals surface area contributed by atoms with Gasteiger partial charge in [0, 0.05) is 4.88 Å². The SMILES string of the molecule is CCOC(=O)c1c(Nc2nc3ccccc3o2)sc(C)c1C. The van der Waals surface area contributed by atoms with Crippen LogP contribution < -0.4 is 5.32 Å². The summed E-state index contributed by atoms with van der Waals surface area (Å²) in [5, 5.41) is 3.80. The van der Waals surface area contributed by atoms with Crippen molar-refractivity contribution in [1.82, 2.24) is 4.98 Å². The van der Waals surface area contributed by atoms with E-state index in [4.69, 9.17) is 9.15 Å². The molecule has 1 aromatic carbocycles. The van der Waals surface area contributed by atoms with Crippen molar-refractivity contribution in [2.24, 2.45) is 0 Å². The molecule has 0 aliphatic heterocycles. The number of benzene rings is 1. The molecule has 114 valence electrons. The minimum absolute atomic E-state index is 0.331. The highest BCUT2D eigenvalue weighted by molar-refractivity contribution is 7.16. The summed E-state index contributed by atoms with van der Waals surface area (Å²) in [6.07, 6.45) is 0. The molecule has 0 atom stereocenters. The number of ether oxygens (including phenoxy) is 1. The maximum atomic E-state index is 12.2. The Labute approximate surface area is 131 Å². The Kier molecular flexibility index (Phi) is 3.85. The third-order valence-electron chi connectivity index (χ3n) is 3.38. The number of fused-ring (bicyclic) bond motifs is 1. The Morgan fingerprint density at radius 2 is 2.14 bits per heavy atom. The van der Waals surface area contributed by atoms with E-state index in [1.165, 1.54) is 11.3 Å². The van der Waals surface area contributed by atoms with Crippen molar-refractivity contribution >= 4 is 39.4 Å². The normalized spacial score (nSPS) is 10.9. The van der Waals surface area contributed by atoms with E-state index in [-0.39, 0.29) is 5.97 Å². The van der Waals surface area contributed by atoms with Crippen molar-refractivity contribution in [3.63, 3.8) is 0 Å². The zero-order valence-electron chi connectivity index (χ0n) is 12.6. The van der Waals surface area contributed by atoms with Crippen molar-refractivity contribution < 1.29 is 13.9 Å². The Balaban J connectivity index is 1.97. The second-order valence-electron chi connectivity index (χ2n) is 4.82. The van der Waals surface area contributed by atoms with E-state index in [1.807, 2.05) is 38.1 Å². The molecule has 1 N–H and O–H groups in total. The van der Waals surface area contributed by atoms with Gasteiger partial charge in [0.1, 0.15) is 10.5 Å². The van der Waals surface area contributed by atoms with Gasteiger partial charge in [-0.25, -0.2) is 4.79 Å². The van der Waals surface area contributed by atoms with E-state index in [0.29, 0.717) is 28.8 Å². The fourth-order valence-corrected chi connectivity index (χ4v) is 3.23. The van der Waals surface area contributed by atoms with Gasteiger partial charge in [0.15, 0.2) is 5.58 Å². The first-order chi connectivity index (χ1) is 10.6. The van der Waals surface area contributed by atoms with Gasteiger partial charge in [-0.1, -0.05) is 12.1 Å². The molecule has 0 saturated carbocycles. The predicted molar refractivity (Wildman–Crippen MR) is 87.0 cm³/mol. The number of hydrogen-bond donors (Lipinski definition) is 1. The Morgan fingerprint density at radius 1 is 1.36 bits per heavy atom. The molecule has 0 aliphatic carbocycles.